The number of aliphatic hydroxyl groups excluding tert-OH is 1. The highest BCUT2D eigenvalue weighted by atomic mass is 19.3. The Labute approximate surface area is 172 Å². The van der Waals surface area contributed by atoms with Gasteiger partial charge in [0.15, 0.2) is 5.96 Å². The predicted molar refractivity (Wildman–Crippen MR) is 111 cm³/mol. The van der Waals surface area contributed by atoms with Gasteiger partial charge in [-0.3, -0.25) is 4.99 Å². The van der Waals surface area contributed by atoms with Gasteiger partial charge in [0.2, 0.25) is 0 Å². The Morgan fingerprint density at radius 2 is 1.86 bits per heavy atom. The van der Waals surface area contributed by atoms with Crippen LogP contribution in [0.25, 0.3) is 0 Å². The second-order valence-corrected chi connectivity index (χ2v) is 6.73. The molecule has 1 aromatic rings. The number of aliphatic imine (C=N–C) groups is 1. The topological polar surface area (TPSA) is 78.4 Å². The number of guanidine groups is 1. The van der Waals surface area contributed by atoms with Gasteiger partial charge in [-0.15, -0.1) is 0 Å². The van der Waals surface area contributed by atoms with Crippen molar-refractivity contribution in [3.63, 3.8) is 0 Å². The Morgan fingerprint density at radius 1 is 1.17 bits per heavy atom. The maximum atomic E-state index is 12.2. The van der Waals surface area contributed by atoms with E-state index in [0.29, 0.717) is 31.2 Å². The number of hydrogen-bond donors (Lipinski definition) is 3. The molecule has 0 aliphatic carbocycles. The van der Waals surface area contributed by atoms with E-state index in [2.05, 4.69) is 25.3 Å². The highest BCUT2D eigenvalue weighted by Gasteiger charge is 2.12. The fraction of sp³-hybridized carbons (Fsp3) is 0.650. The number of halogens is 2. The van der Waals surface area contributed by atoms with Gasteiger partial charge in [-0.2, -0.15) is 8.78 Å². The van der Waals surface area contributed by atoms with Crippen LogP contribution in [0.1, 0.15) is 31.9 Å². The van der Waals surface area contributed by atoms with Crippen molar-refractivity contribution in [3.05, 3.63) is 29.8 Å². The summed E-state index contributed by atoms with van der Waals surface area (Å²) in [6, 6.07) is 5.92. The first-order valence-corrected chi connectivity index (χ1v) is 9.87. The molecule has 2 unspecified atom stereocenters. The molecule has 0 aromatic heterocycles. The summed E-state index contributed by atoms with van der Waals surface area (Å²) in [6.45, 7) is 3.99. The van der Waals surface area contributed by atoms with Gasteiger partial charge in [-0.1, -0.05) is 12.1 Å². The maximum absolute atomic E-state index is 12.2. The lowest BCUT2D eigenvalue weighted by Crippen LogP contribution is -2.40. The van der Waals surface area contributed by atoms with Crippen LogP contribution >= 0.6 is 0 Å². The highest BCUT2D eigenvalue weighted by molar-refractivity contribution is 5.79. The lowest BCUT2D eigenvalue weighted by atomic mass is 10.1. The zero-order valence-corrected chi connectivity index (χ0v) is 17.7. The molecule has 7 nitrogen and oxygen atoms in total. The standard InChI is InChI=1S/C20H34F2N4O3/c1-5-23-20(24-13-17(28-6-2)11-12-26(3)4)25-14-18(27)15-7-9-16(10-8-15)29-19(21)22/h7-10,17-19,27H,5-6,11-14H2,1-4H3,(H2,23,24,25). The van der Waals surface area contributed by atoms with Crippen molar-refractivity contribution in [1.29, 1.82) is 0 Å². The van der Waals surface area contributed by atoms with E-state index in [9.17, 15) is 13.9 Å². The minimum absolute atomic E-state index is 0.0187. The number of alkyl halides is 2. The number of ether oxygens (including phenoxy) is 2. The van der Waals surface area contributed by atoms with Gasteiger partial charge < -0.3 is 30.1 Å². The van der Waals surface area contributed by atoms with Crippen molar-refractivity contribution in [3.8, 4) is 5.75 Å². The fourth-order valence-electron chi connectivity index (χ4n) is 2.58. The fourth-order valence-corrected chi connectivity index (χ4v) is 2.58. The van der Waals surface area contributed by atoms with Gasteiger partial charge in [0.1, 0.15) is 5.75 Å². The minimum atomic E-state index is -2.87. The summed E-state index contributed by atoms with van der Waals surface area (Å²) in [5, 5.41) is 16.6. The summed E-state index contributed by atoms with van der Waals surface area (Å²) in [5.41, 5.74) is 0.591. The molecule has 3 N–H and O–H groups in total. The first-order valence-electron chi connectivity index (χ1n) is 9.87. The zero-order chi connectivity index (χ0) is 21.6. The summed E-state index contributed by atoms with van der Waals surface area (Å²) in [5.74, 6) is 0.636. The van der Waals surface area contributed by atoms with E-state index >= 15 is 0 Å². The number of benzene rings is 1. The molecule has 0 spiro atoms. The van der Waals surface area contributed by atoms with E-state index in [-0.39, 0.29) is 18.4 Å². The molecule has 9 heteroatoms. The summed E-state index contributed by atoms with van der Waals surface area (Å²) >= 11 is 0. The second-order valence-electron chi connectivity index (χ2n) is 6.73. The van der Waals surface area contributed by atoms with Crippen molar-refractivity contribution in [2.24, 2.45) is 4.99 Å². The van der Waals surface area contributed by atoms with E-state index in [1.807, 2.05) is 27.9 Å². The van der Waals surface area contributed by atoms with E-state index < -0.39 is 12.7 Å². The van der Waals surface area contributed by atoms with Crippen LogP contribution in [0.2, 0.25) is 0 Å². The molecule has 0 radical (unpaired) electrons. The van der Waals surface area contributed by atoms with Crippen LogP contribution in [0, 0.1) is 0 Å². The number of hydrogen-bond acceptors (Lipinski definition) is 5. The summed E-state index contributed by atoms with van der Waals surface area (Å²) in [6.07, 6.45) is 0.0698. The summed E-state index contributed by atoms with van der Waals surface area (Å²) in [4.78, 5) is 6.66. The first-order chi connectivity index (χ1) is 13.8. The molecule has 0 saturated carbocycles. The van der Waals surface area contributed by atoms with E-state index in [1.165, 1.54) is 12.1 Å². The molecular formula is C20H34F2N4O3. The van der Waals surface area contributed by atoms with Crippen molar-refractivity contribution < 1.29 is 23.4 Å². The lowest BCUT2D eigenvalue weighted by molar-refractivity contribution is -0.0498. The molecule has 0 aliphatic heterocycles. The molecular weight excluding hydrogens is 382 g/mol. The number of rotatable bonds is 13. The normalized spacial score (nSPS) is 14.2. The van der Waals surface area contributed by atoms with E-state index in [0.717, 1.165) is 13.0 Å². The molecule has 0 saturated heterocycles. The van der Waals surface area contributed by atoms with Gasteiger partial charge in [-0.05, 0) is 52.1 Å². The van der Waals surface area contributed by atoms with Gasteiger partial charge in [0.05, 0.1) is 18.8 Å². The van der Waals surface area contributed by atoms with Crippen molar-refractivity contribution in [2.75, 3.05) is 46.9 Å². The van der Waals surface area contributed by atoms with Crippen molar-refractivity contribution in [1.82, 2.24) is 15.5 Å². The maximum Gasteiger partial charge on any atom is 0.387 e. The summed E-state index contributed by atoms with van der Waals surface area (Å²) in [7, 11) is 4.04. The quantitative estimate of drug-likeness (QED) is 0.338. The average Bonchev–Trinajstić information content (AvgIpc) is 2.67. The second kappa shape index (κ2) is 14.1. The van der Waals surface area contributed by atoms with Crippen LogP contribution in [0.4, 0.5) is 8.78 Å². The molecule has 1 rings (SSSR count). The molecule has 0 amide bonds. The summed E-state index contributed by atoms with van der Waals surface area (Å²) < 4.78 is 34.5. The Balaban J connectivity index is 2.61. The van der Waals surface area contributed by atoms with Crippen LogP contribution in [-0.2, 0) is 4.74 Å². The zero-order valence-electron chi connectivity index (χ0n) is 17.7. The molecule has 1 aromatic carbocycles. The highest BCUT2D eigenvalue weighted by Crippen LogP contribution is 2.19. The molecule has 0 heterocycles. The van der Waals surface area contributed by atoms with Gasteiger partial charge in [0, 0.05) is 26.2 Å². The molecule has 0 fully saturated rings. The largest absolute Gasteiger partial charge is 0.435 e. The van der Waals surface area contributed by atoms with Crippen LogP contribution in [-0.4, -0.2) is 75.6 Å². The third-order valence-corrected chi connectivity index (χ3v) is 4.05. The minimum Gasteiger partial charge on any atom is -0.435 e. The number of aliphatic hydroxyl groups is 1. The third kappa shape index (κ3) is 11.0. The van der Waals surface area contributed by atoms with Gasteiger partial charge in [-0.25, -0.2) is 0 Å². The first kappa shape index (κ1) is 25.1. The van der Waals surface area contributed by atoms with Crippen molar-refractivity contribution >= 4 is 5.96 Å². The lowest BCUT2D eigenvalue weighted by Gasteiger charge is -2.19. The predicted octanol–water partition coefficient (Wildman–Crippen LogP) is 2.23. The number of nitrogens with one attached hydrogen (secondary N) is 2. The van der Waals surface area contributed by atoms with Gasteiger partial charge >= 0.3 is 6.61 Å². The van der Waals surface area contributed by atoms with Crippen molar-refractivity contribution in [2.45, 2.75) is 39.1 Å². The molecule has 0 aliphatic rings. The SMILES string of the molecule is CCNC(=NCC(CCN(C)C)OCC)NCC(O)c1ccc(OC(F)F)cc1. The van der Waals surface area contributed by atoms with E-state index in [4.69, 9.17) is 4.74 Å². The molecule has 0 bridgehead atoms. The Morgan fingerprint density at radius 3 is 2.41 bits per heavy atom. The monoisotopic (exact) mass is 416 g/mol. The Bertz CT molecular complexity index is 586. The smallest absolute Gasteiger partial charge is 0.387 e. The van der Waals surface area contributed by atoms with Crippen LogP contribution < -0.4 is 15.4 Å². The van der Waals surface area contributed by atoms with Crippen LogP contribution in [0.15, 0.2) is 29.3 Å². The van der Waals surface area contributed by atoms with Crippen LogP contribution in [0.5, 0.6) is 5.75 Å². The average molecular weight is 417 g/mol. The Hall–Kier alpha value is -1.97. The Kier molecular flexibility index (Phi) is 12.2. The van der Waals surface area contributed by atoms with E-state index in [1.54, 1.807) is 12.1 Å². The molecule has 29 heavy (non-hydrogen) atoms. The van der Waals surface area contributed by atoms with Crippen LogP contribution in [0.3, 0.4) is 0 Å². The molecule has 166 valence electrons. The van der Waals surface area contributed by atoms with Gasteiger partial charge in [0.25, 0.3) is 0 Å². The third-order valence-electron chi connectivity index (χ3n) is 4.05. The number of nitrogens with zero attached hydrogens (tertiary/aromatic N) is 2. The molecule has 2 atom stereocenters.